The first-order valence-electron chi connectivity index (χ1n) is 4.34. The molecule has 5 heteroatoms. The highest BCUT2D eigenvalue weighted by molar-refractivity contribution is 7.89. The smallest absolute Gasteiger partial charge is 0.207 e. The number of halogens is 1. The van der Waals surface area contributed by atoms with E-state index in [1.165, 1.54) is 25.1 Å². The van der Waals surface area contributed by atoms with E-state index in [2.05, 4.69) is 11.3 Å². The van der Waals surface area contributed by atoms with Crippen LogP contribution in [0.3, 0.4) is 0 Å². The van der Waals surface area contributed by atoms with Crippen LogP contribution in [-0.4, -0.2) is 15.0 Å². The molecule has 82 valence electrons. The molecule has 0 bridgehead atoms. The van der Waals surface area contributed by atoms with Crippen LogP contribution in [0.2, 0.25) is 0 Å². The van der Waals surface area contributed by atoms with Crippen molar-refractivity contribution in [2.45, 2.75) is 11.8 Å². The number of rotatable bonds is 4. The number of hydrogen-bond acceptors (Lipinski definition) is 2. The molecular weight excluding hydrogens is 217 g/mol. The lowest BCUT2D eigenvalue weighted by Crippen LogP contribution is -2.23. The number of benzene rings is 1. The molecule has 0 amide bonds. The molecular formula is C10H12FNO2S. The number of nitrogens with one attached hydrogen (secondary N) is 1. The van der Waals surface area contributed by atoms with Crippen molar-refractivity contribution in [2.75, 3.05) is 6.54 Å². The summed E-state index contributed by atoms with van der Waals surface area (Å²) in [5, 5.41) is 0. The molecule has 0 fully saturated rings. The SMILES string of the molecule is C=CCNS(=O)(=O)c1ccc(F)c(C)c1. The monoisotopic (exact) mass is 229 g/mol. The molecule has 0 unspecified atom stereocenters. The van der Waals surface area contributed by atoms with Crippen LogP contribution in [0.1, 0.15) is 5.56 Å². The maximum Gasteiger partial charge on any atom is 0.240 e. The summed E-state index contributed by atoms with van der Waals surface area (Å²) in [7, 11) is -3.55. The number of aryl methyl sites for hydroxylation is 1. The van der Waals surface area contributed by atoms with E-state index in [4.69, 9.17) is 0 Å². The van der Waals surface area contributed by atoms with Gasteiger partial charge in [-0.1, -0.05) is 6.08 Å². The van der Waals surface area contributed by atoms with E-state index in [1.54, 1.807) is 0 Å². The minimum Gasteiger partial charge on any atom is -0.207 e. The molecule has 0 heterocycles. The summed E-state index contributed by atoms with van der Waals surface area (Å²) in [4.78, 5) is 0.0586. The quantitative estimate of drug-likeness (QED) is 0.797. The minimum atomic E-state index is -3.55. The van der Waals surface area contributed by atoms with Crippen LogP contribution >= 0.6 is 0 Å². The molecule has 0 saturated heterocycles. The van der Waals surface area contributed by atoms with Gasteiger partial charge in [-0.15, -0.1) is 6.58 Å². The maximum absolute atomic E-state index is 12.9. The fourth-order valence-electron chi connectivity index (χ4n) is 1.04. The molecule has 0 atom stereocenters. The molecule has 0 aromatic heterocycles. The van der Waals surface area contributed by atoms with Gasteiger partial charge in [-0.25, -0.2) is 17.5 Å². The Kier molecular flexibility index (Phi) is 3.60. The lowest BCUT2D eigenvalue weighted by molar-refractivity contribution is 0.584. The Morgan fingerprint density at radius 3 is 2.73 bits per heavy atom. The van der Waals surface area contributed by atoms with E-state index in [-0.39, 0.29) is 11.4 Å². The van der Waals surface area contributed by atoms with Gasteiger partial charge in [0, 0.05) is 6.54 Å². The van der Waals surface area contributed by atoms with Gasteiger partial charge in [-0.05, 0) is 30.7 Å². The molecule has 15 heavy (non-hydrogen) atoms. The lowest BCUT2D eigenvalue weighted by atomic mass is 10.2. The highest BCUT2D eigenvalue weighted by atomic mass is 32.2. The summed E-state index contributed by atoms with van der Waals surface area (Å²) >= 11 is 0. The number of hydrogen-bond donors (Lipinski definition) is 1. The second kappa shape index (κ2) is 4.55. The zero-order valence-corrected chi connectivity index (χ0v) is 9.14. The summed E-state index contributed by atoms with van der Waals surface area (Å²) in [6.45, 7) is 5.07. The molecule has 1 N–H and O–H groups in total. The third-order valence-corrected chi connectivity index (χ3v) is 3.28. The first-order chi connectivity index (χ1) is 6.97. The summed E-state index contributed by atoms with van der Waals surface area (Å²) < 4.78 is 38.4. The van der Waals surface area contributed by atoms with Crippen molar-refractivity contribution in [1.29, 1.82) is 0 Å². The standard InChI is InChI=1S/C10H12FNO2S/c1-3-6-12-15(13,14)9-4-5-10(11)8(2)7-9/h3-5,7,12H,1,6H2,2H3. The molecule has 0 radical (unpaired) electrons. The van der Waals surface area contributed by atoms with E-state index in [1.807, 2.05) is 0 Å². The zero-order chi connectivity index (χ0) is 11.5. The van der Waals surface area contributed by atoms with E-state index in [9.17, 15) is 12.8 Å². The molecule has 1 rings (SSSR count). The van der Waals surface area contributed by atoms with E-state index in [0.29, 0.717) is 5.56 Å². The highest BCUT2D eigenvalue weighted by Gasteiger charge is 2.13. The van der Waals surface area contributed by atoms with Gasteiger partial charge in [0.05, 0.1) is 4.90 Å². The average Bonchev–Trinajstić information content (AvgIpc) is 2.19. The Bertz CT molecular complexity index is 468. The van der Waals surface area contributed by atoms with Gasteiger partial charge < -0.3 is 0 Å². The van der Waals surface area contributed by atoms with Crippen molar-refractivity contribution in [1.82, 2.24) is 4.72 Å². The van der Waals surface area contributed by atoms with Crippen molar-refractivity contribution >= 4 is 10.0 Å². The Labute approximate surface area is 88.7 Å². The minimum absolute atomic E-state index is 0.0586. The van der Waals surface area contributed by atoms with Gasteiger partial charge in [0.25, 0.3) is 0 Å². The third-order valence-electron chi connectivity index (χ3n) is 1.86. The van der Waals surface area contributed by atoms with Crippen LogP contribution in [0.4, 0.5) is 4.39 Å². The fourth-order valence-corrected chi connectivity index (χ4v) is 2.12. The Hall–Kier alpha value is -1.20. The second-order valence-corrected chi connectivity index (χ2v) is 4.82. The fraction of sp³-hybridized carbons (Fsp3) is 0.200. The summed E-state index contributed by atoms with van der Waals surface area (Å²) in [6.07, 6.45) is 1.44. The van der Waals surface area contributed by atoms with Crippen molar-refractivity contribution in [3.8, 4) is 0 Å². The largest absolute Gasteiger partial charge is 0.240 e. The summed E-state index contributed by atoms with van der Waals surface area (Å²) in [5.41, 5.74) is 0.302. The van der Waals surface area contributed by atoms with E-state index in [0.717, 1.165) is 6.07 Å². The molecule has 3 nitrogen and oxygen atoms in total. The first kappa shape index (κ1) is 11.9. The molecule has 1 aromatic carbocycles. The topological polar surface area (TPSA) is 46.2 Å². The molecule has 0 aliphatic heterocycles. The van der Waals surface area contributed by atoms with Gasteiger partial charge in [0.15, 0.2) is 0 Å². The van der Waals surface area contributed by atoms with Crippen LogP contribution < -0.4 is 4.72 Å². The summed E-state index contributed by atoms with van der Waals surface area (Å²) in [5.74, 6) is -0.419. The van der Waals surface area contributed by atoms with Crippen LogP contribution in [0.15, 0.2) is 35.7 Å². The van der Waals surface area contributed by atoms with Gasteiger partial charge >= 0.3 is 0 Å². The van der Waals surface area contributed by atoms with Gasteiger partial charge in [-0.2, -0.15) is 0 Å². The molecule has 1 aromatic rings. The van der Waals surface area contributed by atoms with Crippen molar-refractivity contribution in [2.24, 2.45) is 0 Å². The van der Waals surface area contributed by atoms with Crippen LogP contribution in [0.25, 0.3) is 0 Å². The molecule has 0 spiro atoms. The van der Waals surface area contributed by atoms with Gasteiger partial charge in [0.1, 0.15) is 5.82 Å². The number of sulfonamides is 1. The molecule has 0 saturated carbocycles. The van der Waals surface area contributed by atoms with Crippen molar-refractivity contribution < 1.29 is 12.8 Å². The normalized spacial score (nSPS) is 11.3. The predicted octanol–water partition coefficient (Wildman–Crippen LogP) is 1.60. The summed E-state index contributed by atoms with van der Waals surface area (Å²) in [6, 6.07) is 3.66. The van der Waals surface area contributed by atoms with Crippen LogP contribution in [0, 0.1) is 12.7 Å². The third kappa shape index (κ3) is 2.87. The van der Waals surface area contributed by atoms with Gasteiger partial charge in [-0.3, -0.25) is 0 Å². The van der Waals surface area contributed by atoms with Gasteiger partial charge in [0.2, 0.25) is 10.0 Å². The maximum atomic E-state index is 12.9. The molecule has 0 aliphatic carbocycles. The Balaban J connectivity index is 3.05. The lowest BCUT2D eigenvalue weighted by Gasteiger charge is -2.05. The Morgan fingerprint density at radius 2 is 2.20 bits per heavy atom. The molecule has 0 aliphatic rings. The van der Waals surface area contributed by atoms with Crippen LogP contribution in [0.5, 0.6) is 0 Å². The van der Waals surface area contributed by atoms with Crippen LogP contribution in [-0.2, 0) is 10.0 Å². The second-order valence-electron chi connectivity index (χ2n) is 3.05. The first-order valence-corrected chi connectivity index (χ1v) is 5.82. The zero-order valence-electron chi connectivity index (χ0n) is 8.33. The van der Waals surface area contributed by atoms with Crippen molar-refractivity contribution in [3.63, 3.8) is 0 Å². The van der Waals surface area contributed by atoms with Crippen molar-refractivity contribution in [3.05, 3.63) is 42.2 Å². The van der Waals surface area contributed by atoms with E-state index >= 15 is 0 Å². The van der Waals surface area contributed by atoms with E-state index < -0.39 is 15.8 Å². The highest BCUT2D eigenvalue weighted by Crippen LogP contribution is 2.13. The Morgan fingerprint density at radius 1 is 1.53 bits per heavy atom. The predicted molar refractivity (Wildman–Crippen MR) is 56.5 cm³/mol. The average molecular weight is 229 g/mol.